The van der Waals surface area contributed by atoms with Gasteiger partial charge in [0.1, 0.15) is 24.1 Å². The van der Waals surface area contributed by atoms with Gasteiger partial charge in [0.2, 0.25) is 0 Å². The first-order chi connectivity index (χ1) is 13.8. The number of nitrogens with one attached hydrogen (secondary N) is 2. The number of ether oxygens (including phenoxy) is 1. The molecular formula is C21H20N4O4. The molecule has 0 unspecified atom stereocenters. The summed E-state index contributed by atoms with van der Waals surface area (Å²) in [5.74, 6) is -0.200. The van der Waals surface area contributed by atoms with E-state index in [2.05, 4.69) is 15.0 Å². The van der Waals surface area contributed by atoms with Crippen LogP contribution < -0.4 is 11.1 Å². The Kier molecular flexibility index (Phi) is 5.59. The maximum atomic E-state index is 12.2. The van der Waals surface area contributed by atoms with Crippen LogP contribution in [0.5, 0.6) is 0 Å². The zero-order valence-electron chi connectivity index (χ0n) is 16.4. The standard InChI is InChI=1S/C21H20N4O4/c1-11-5-4-6-15-19(11)24-17(25-20(15)27)10-29-18(26)8-7-14-12(2)16(9-22)21(28)23-13(14)3/h4-6H,7-8,10H2,1-3H3,(H,23,28)(H,24,25,27). The second-order valence-corrected chi connectivity index (χ2v) is 6.81. The van der Waals surface area contributed by atoms with Gasteiger partial charge >= 0.3 is 5.97 Å². The number of benzene rings is 1. The lowest BCUT2D eigenvalue weighted by Gasteiger charge is -2.11. The molecule has 2 aromatic heterocycles. The van der Waals surface area contributed by atoms with Crippen molar-refractivity contribution in [3.8, 4) is 6.07 Å². The second-order valence-electron chi connectivity index (χ2n) is 6.81. The van der Waals surface area contributed by atoms with Crippen molar-refractivity contribution in [2.75, 3.05) is 0 Å². The number of esters is 1. The van der Waals surface area contributed by atoms with Crippen molar-refractivity contribution in [3.05, 3.63) is 72.7 Å². The molecule has 0 aliphatic carbocycles. The third kappa shape index (κ3) is 4.09. The fourth-order valence-corrected chi connectivity index (χ4v) is 3.29. The topological polar surface area (TPSA) is 129 Å². The number of carbonyl (C=O) groups is 1. The molecule has 148 valence electrons. The van der Waals surface area contributed by atoms with Crippen LogP contribution in [0.3, 0.4) is 0 Å². The quantitative estimate of drug-likeness (QED) is 0.640. The van der Waals surface area contributed by atoms with E-state index in [1.165, 1.54) is 0 Å². The normalized spacial score (nSPS) is 10.7. The number of hydrogen-bond acceptors (Lipinski definition) is 6. The van der Waals surface area contributed by atoms with E-state index in [1.807, 2.05) is 19.1 Å². The molecule has 0 atom stereocenters. The number of aryl methyl sites for hydroxylation is 2. The van der Waals surface area contributed by atoms with E-state index in [4.69, 9.17) is 10.00 Å². The van der Waals surface area contributed by atoms with Gasteiger partial charge in [-0.3, -0.25) is 14.4 Å². The second kappa shape index (κ2) is 8.10. The zero-order chi connectivity index (χ0) is 21.1. The molecule has 1 aromatic carbocycles. The van der Waals surface area contributed by atoms with E-state index in [0.29, 0.717) is 28.6 Å². The highest BCUT2D eigenvalue weighted by Crippen LogP contribution is 2.16. The average Bonchev–Trinajstić information content (AvgIpc) is 2.67. The minimum absolute atomic E-state index is 0.0484. The van der Waals surface area contributed by atoms with E-state index < -0.39 is 11.5 Å². The summed E-state index contributed by atoms with van der Waals surface area (Å²) < 4.78 is 5.25. The number of aromatic nitrogens is 3. The van der Waals surface area contributed by atoms with Gasteiger partial charge in [0, 0.05) is 12.1 Å². The molecule has 0 saturated heterocycles. The lowest BCUT2D eigenvalue weighted by Crippen LogP contribution is -2.18. The molecule has 2 heterocycles. The van der Waals surface area contributed by atoms with E-state index in [-0.39, 0.29) is 30.0 Å². The Labute approximate surface area is 166 Å². The molecule has 0 fully saturated rings. The van der Waals surface area contributed by atoms with Gasteiger partial charge in [-0.25, -0.2) is 4.98 Å². The Morgan fingerprint density at radius 3 is 2.66 bits per heavy atom. The maximum absolute atomic E-state index is 12.2. The summed E-state index contributed by atoms with van der Waals surface area (Å²) >= 11 is 0. The highest BCUT2D eigenvalue weighted by Gasteiger charge is 2.14. The first-order valence-corrected chi connectivity index (χ1v) is 9.08. The summed E-state index contributed by atoms with van der Waals surface area (Å²) in [5, 5.41) is 9.61. The Morgan fingerprint density at radius 2 is 1.93 bits per heavy atom. The van der Waals surface area contributed by atoms with E-state index >= 15 is 0 Å². The van der Waals surface area contributed by atoms with Gasteiger partial charge in [0.25, 0.3) is 11.1 Å². The Bertz CT molecular complexity index is 1260. The van der Waals surface area contributed by atoms with Crippen molar-refractivity contribution in [3.63, 3.8) is 0 Å². The van der Waals surface area contributed by atoms with Crippen LogP contribution >= 0.6 is 0 Å². The van der Waals surface area contributed by atoms with Crippen molar-refractivity contribution in [1.29, 1.82) is 5.26 Å². The summed E-state index contributed by atoms with van der Waals surface area (Å²) in [4.78, 5) is 45.8. The third-order valence-corrected chi connectivity index (χ3v) is 4.86. The molecule has 0 radical (unpaired) electrons. The van der Waals surface area contributed by atoms with Crippen molar-refractivity contribution in [2.24, 2.45) is 0 Å². The first kappa shape index (κ1) is 20.0. The van der Waals surface area contributed by atoms with Crippen molar-refractivity contribution >= 4 is 16.9 Å². The molecule has 8 heteroatoms. The number of nitriles is 1. The molecule has 8 nitrogen and oxygen atoms in total. The molecule has 0 aliphatic rings. The number of nitrogens with zero attached hydrogens (tertiary/aromatic N) is 2. The monoisotopic (exact) mass is 392 g/mol. The summed E-state index contributed by atoms with van der Waals surface area (Å²) in [6, 6.07) is 7.22. The molecular weight excluding hydrogens is 372 g/mol. The lowest BCUT2D eigenvalue weighted by atomic mass is 9.99. The van der Waals surface area contributed by atoms with Crippen LogP contribution in [-0.4, -0.2) is 20.9 Å². The summed E-state index contributed by atoms with van der Waals surface area (Å²) in [6.07, 6.45) is 0.387. The number of carbonyl (C=O) groups excluding carboxylic acids is 1. The zero-order valence-corrected chi connectivity index (χ0v) is 16.4. The number of para-hydroxylation sites is 1. The number of hydrogen-bond donors (Lipinski definition) is 2. The smallest absolute Gasteiger partial charge is 0.306 e. The number of aromatic amines is 2. The Hall–Kier alpha value is -3.73. The average molecular weight is 392 g/mol. The van der Waals surface area contributed by atoms with Gasteiger partial charge in [0.15, 0.2) is 0 Å². The van der Waals surface area contributed by atoms with Gasteiger partial charge < -0.3 is 14.7 Å². The van der Waals surface area contributed by atoms with Gasteiger partial charge in [-0.05, 0) is 49.9 Å². The van der Waals surface area contributed by atoms with Gasteiger partial charge in [-0.1, -0.05) is 12.1 Å². The van der Waals surface area contributed by atoms with Crippen LogP contribution in [0.15, 0.2) is 27.8 Å². The van der Waals surface area contributed by atoms with Crippen LogP contribution in [-0.2, 0) is 22.6 Å². The molecule has 29 heavy (non-hydrogen) atoms. The SMILES string of the molecule is Cc1[nH]c(=O)c(C#N)c(C)c1CCC(=O)OCc1nc2c(C)cccc2c(=O)[nH]1. The van der Waals surface area contributed by atoms with Gasteiger partial charge in [-0.2, -0.15) is 5.26 Å². The summed E-state index contributed by atoms with van der Waals surface area (Å²) in [7, 11) is 0. The van der Waals surface area contributed by atoms with Gasteiger partial charge in [-0.15, -0.1) is 0 Å². The fraction of sp³-hybridized carbons (Fsp3) is 0.286. The molecule has 0 saturated carbocycles. The largest absolute Gasteiger partial charge is 0.458 e. The van der Waals surface area contributed by atoms with E-state index in [9.17, 15) is 14.4 Å². The first-order valence-electron chi connectivity index (χ1n) is 9.08. The number of fused-ring (bicyclic) bond motifs is 1. The number of rotatable bonds is 5. The predicted octanol–water partition coefficient (Wildman–Crippen LogP) is 2.08. The van der Waals surface area contributed by atoms with Crippen LogP contribution in [0.1, 0.15) is 40.2 Å². The molecule has 0 spiro atoms. The Balaban J connectivity index is 1.70. The maximum Gasteiger partial charge on any atom is 0.306 e. The van der Waals surface area contributed by atoms with Crippen molar-refractivity contribution < 1.29 is 9.53 Å². The summed E-state index contributed by atoms with van der Waals surface area (Å²) in [5.41, 5.74) is 2.69. The Morgan fingerprint density at radius 1 is 1.17 bits per heavy atom. The molecule has 3 rings (SSSR count). The number of pyridine rings is 1. The summed E-state index contributed by atoms with van der Waals surface area (Å²) in [6.45, 7) is 5.12. The van der Waals surface area contributed by atoms with E-state index in [0.717, 1.165) is 11.1 Å². The van der Waals surface area contributed by atoms with Crippen molar-refractivity contribution in [1.82, 2.24) is 15.0 Å². The third-order valence-electron chi connectivity index (χ3n) is 4.86. The van der Waals surface area contributed by atoms with E-state index in [1.54, 1.807) is 26.0 Å². The lowest BCUT2D eigenvalue weighted by molar-refractivity contribution is -0.145. The van der Waals surface area contributed by atoms with Crippen LogP contribution in [0, 0.1) is 32.1 Å². The molecule has 2 N–H and O–H groups in total. The minimum atomic E-state index is -0.471. The molecule has 0 bridgehead atoms. The number of H-pyrrole nitrogens is 2. The van der Waals surface area contributed by atoms with Crippen LogP contribution in [0.25, 0.3) is 10.9 Å². The molecule has 3 aromatic rings. The highest BCUT2D eigenvalue weighted by molar-refractivity contribution is 5.80. The van der Waals surface area contributed by atoms with Crippen LogP contribution in [0.4, 0.5) is 0 Å². The predicted molar refractivity (Wildman–Crippen MR) is 106 cm³/mol. The van der Waals surface area contributed by atoms with Crippen LogP contribution in [0.2, 0.25) is 0 Å². The van der Waals surface area contributed by atoms with Gasteiger partial charge in [0.05, 0.1) is 10.9 Å². The highest BCUT2D eigenvalue weighted by atomic mass is 16.5. The molecule has 0 aliphatic heterocycles. The molecule has 0 amide bonds. The minimum Gasteiger partial charge on any atom is -0.458 e. The fourth-order valence-electron chi connectivity index (χ4n) is 3.29. The van der Waals surface area contributed by atoms with Crippen molar-refractivity contribution in [2.45, 2.75) is 40.2 Å².